The van der Waals surface area contributed by atoms with Gasteiger partial charge in [0.1, 0.15) is 6.61 Å². The summed E-state index contributed by atoms with van der Waals surface area (Å²) < 4.78 is 10.5. The standard InChI is InChI=1S/C21H42O3/c1-4-5-6-7-8-9-10-11-12-13-14-15-16-17-21(22)24-19-18-23-20(2)3/h20H,4-19H2,1-3H3. The molecule has 0 saturated carbocycles. The molecule has 0 aliphatic rings. The van der Waals surface area contributed by atoms with Crippen LogP contribution >= 0.6 is 0 Å². The minimum atomic E-state index is -0.0783. The second kappa shape index (κ2) is 18.8. The number of ether oxygens (including phenoxy) is 2. The summed E-state index contributed by atoms with van der Waals surface area (Å²) in [6.45, 7) is 7.12. The first-order valence-corrected chi connectivity index (χ1v) is 10.4. The zero-order valence-electron chi connectivity index (χ0n) is 16.6. The molecule has 0 saturated heterocycles. The Balaban J connectivity index is 3.12. The van der Waals surface area contributed by atoms with E-state index in [0.717, 1.165) is 12.8 Å². The van der Waals surface area contributed by atoms with E-state index in [1.807, 2.05) is 13.8 Å². The van der Waals surface area contributed by atoms with Crippen molar-refractivity contribution in [3.8, 4) is 0 Å². The molecule has 0 fully saturated rings. The van der Waals surface area contributed by atoms with E-state index < -0.39 is 0 Å². The molecule has 3 heteroatoms. The van der Waals surface area contributed by atoms with Crippen LogP contribution in [0.1, 0.15) is 111 Å². The zero-order valence-corrected chi connectivity index (χ0v) is 16.6. The van der Waals surface area contributed by atoms with Gasteiger partial charge in [0.15, 0.2) is 0 Å². The van der Waals surface area contributed by atoms with Gasteiger partial charge >= 0.3 is 5.97 Å². The number of carbonyl (C=O) groups is 1. The van der Waals surface area contributed by atoms with Crippen LogP contribution in [0, 0.1) is 0 Å². The monoisotopic (exact) mass is 342 g/mol. The van der Waals surface area contributed by atoms with E-state index in [-0.39, 0.29) is 12.1 Å². The molecule has 0 N–H and O–H groups in total. The molecule has 0 aliphatic heterocycles. The molecule has 144 valence electrons. The van der Waals surface area contributed by atoms with Gasteiger partial charge in [-0.3, -0.25) is 4.79 Å². The van der Waals surface area contributed by atoms with E-state index >= 15 is 0 Å². The topological polar surface area (TPSA) is 35.5 Å². The maximum absolute atomic E-state index is 11.5. The number of hydrogen-bond acceptors (Lipinski definition) is 3. The van der Waals surface area contributed by atoms with Crippen LogP contribution in [0.4, 0.5) is 0 Å². The lowest BCUT2D eigenvalue weighted by atomic mass is 10.0. The lowest BCUT2D eigenvalue weighted by molar-refractivity contribution is -0.145. The van der Waals surface area contributed by atoms with Crippen molar-refractivity contribution in [3.63, 3.8) is 0 Å². The normalized spacial score (nSPS) is 11.2. The summed E-state index contributed by atoms with van der Waals surface area (Å²) in [7, 11) is 0. The Morgan fingerprint density at radius 1 is 0.708 bits per heavy atom. The quantitative estimate of drug-likeness (QED) is 0.212. The molecule has 0 aromatic heterocycles. The molecule has 0 aromatic carbocycles. The van der Waals surface area contributed by atoms with E-state index in [0.29, 0.717) is 19.6 Å². The predicted octanol–water partition coefficient (Wildman–Crippen LogP) is 6.44. The van der Waals surface area contributed by atoms with Gasteiger partial charge in [-0.25, -0.2) is 0 Å². The molecule has 0 bridgehead atoms. The highest BCUT2D eigenvalue weighted by atomic mass is 16.6. The van der Waals surface area contributed by atoms with Crippen molar-refractivity contribution in [2.75, 3.05) is 13.2 Å². The Hall–Kier alpha value is -0.570. The Morgan fingerprint density at radius 3 is 1.62 bits per heavy atom. The van der Waals surface area contributed by atoms with Crippen molar-refractivity contribution in [2.24, 2.45) is 0 Å². The van der Waals surface area contributed by atoms with Crippen molar-refractivity contribution in [3.05, 3.63) is 0 Å². The Labute approximate surface area is 150 Å². The first-order valence-electron chi connectivity index (χ1n) is 10.4. The molecular weight excluding hydrogens is 300 g/mol. The summed E-state index contributed by atoms with van der Waals surface area (Å²) in [5, 5.41) is 0. The van der Waals surface area contributed by atoms with Crippen LogP contribution in [0.5, 0.6) is 0 Å². The third kappa shape index (κ3) is 19.5. The molecule has 0 rings (SSSR count). The maximum atomic E-state index is 11.5. The lowest BCUT2D eigenvalue weighted by Gasteiger charge is -2.08. The number of carbonyl (C=O) groups excluding carboxylic acids is 1. The predicted molar refractivity (Wildman–Crippen MR) is 102 cm³/mol. The van der Waals surface area contributed by atoms with E-state index in [1.165, 1.54) is 70.6 Å². The smallest absolute Gasteiger partial charge is 0.305 e. The second-order valence-corrected chi connectivity index (χ2v) is 7.13. The Bertz CT molecular complexity index is 264. The van der Waals surface area contributed by atoms with Crippen LogP contribution in [-0.2, 0) is 14.3 Å². The van der Waals surface area contributed by atoms with Crippen LogP contribution < -0.4 is 0 Å². The van der Waals surface area contributed by atoms with Crippen molar-refractivity contribution >= 4 is 5.97 Å². The van der Waals surface area contributed by atoms with Gasteiger partial charge in [-0.05, 0) is 20.3 Å². The largest absolute Gasteiger partial charge is 0.463 e. The summed E-state index contributed by atoms with van der Waals surface area (Å²) in [5.74, 6) is -0.0783. The molecule has 3 nitrogen and oxygen atoms in total. The van der Waals surface area contributed by atoms with Gasteiger partial charge in [0.05, 0.1) is 12.7 Å². The van der Waals surface area contributed by atoms with E-state index in [2.05, 4.69) is 6.92 Å². The van der Waals surface area contributed by atoms with Crippen molar-refractivity contribution in [2.45, 2.75) is 117 Å². The van der Waals surface area contributed by atoms with Gasteiger partial charge in [0.2, 0.25) is 0 Å². The molecule has 0 atom stereocenters. The van der Waals surface area contributed by atoms with Crippen molar-refractivity contribution < 1.29 is 14.3 Å². The van der Waals surface area contributed by atoms with Crippen LogP contribution in [0.3, 0.4) is 0 Å². The fourth-order valence-electron chi connectivity index (χ4n) is 2.80. The average molecular weight is 343 g/mol. The van der Waals surface area contributed by atoms with Crippen molar-refractivity contribution in [1.29, 1.82) is 0 Å². The van der Waals surface area contributed by atoms with Crippen LogP contribution in [0.2, 0.25) is 0 Å². The number of rotatable bonds is 18. The summed E-state index contributed by atoms with van der Waals surface area (Å²) in [6.07, 6.45) is 18.0. The third-order valence-electron chi connectivity index (χ3n) is 4.28. The summed E-state index contributed by atoms with van der Waals surface area (Å²) in [5.41, 5.74) is 0. The fourth-order valence-corrected chi connectivity index (χ4v) is 2.80. The summed E-state index contributed by atoms with van der Waals surface area (Å²) >= 11 is 0. The molecule has 0 heterocycles. The van der Waals surface area contributed by atoms with Crippen LogP contribution in [0.15, 0.2) is 0 Å². The van der Waals surface area contributed by atoms with Crippen LogP contribution in [0.25, 0.3) is 0 Å². The minimum absolute atomic E-state index is 0.0783. The van der Waals surface area contributed by atoms with Crippen molar-refractivity contribution in [1.82, 2.24) is 0 Å². The van der Waals surface area contributed by atoms with Gasteiger partial charge in [0.25, 0.3) is 0 Å². The fraction of sp³-hybridized carbons (Fsp3) is 0.952. The molecule has 0 amide bonds. The van der Waals surface area contributed by atoms with Crippen LogP contribution in [-0.4, -0.2) is 25.3 Å². The summed E-state index contributed by atoms with van der Waals surface area (Å²) in [4.78, 5) is 11.5. The molecule has 0 spiro atoms. The molecular formula is C21H42O3. The van der Waals surface area contributed by atoms with E-state index in [4.69, 9.17) is 9.47 Å². The Kier molecular flexibility index (Phi) is 18.3. The van der Waals surface area contributed by atoms with Gasteiger partial charge in [-0.2, -0.15) is 0 Å². The number of unbranched alkanes of at least 4 members (excludes halogenated alkanes) is 12. The molecule has 0 unspecified atom stereocenters. The van der Waals surface area contributed by atoms with Gasteiger partial charge in [-0.15, -0.1) is 0 Å². The van der Waals surface area contributed by atoms with E-state index in [9.17, 15) is 4.79 Å². The molecule has 0 radical (unpaired) electrons. The zero-order chi connectivity index (χ0) is 17.9. The summed E-state index contributed by atoms with van der Waals surface area (Å²) in [6, 6.07) is 0. The second-order valence-electron chi connectivity index (χ2n) is 7.13. The third-order valence-corrected chi connectivity index (χ3v) is 4.28. The highest BCUT2D eigenvalue weighted by molar-refractivity contribution is 5.69. The van der Waals surface area contributed by atoms with Gasteiger partial charge in [0, 0.05) is 6.42 Å². The number of esters is 1. The molecule has 24 heavy (non-hydrogen) atoms. The SMILES string of the molecule is CCCCCCCCCCCCCCCC(=O)OCCOC(C)C. The first kappa shape index (κ1) is 23.4. The Morgan fingerprint density at radius 2 is 1.17 bits per heavy atom. The average Bonchev–Trinajstić information content (AvgIpc) is 2.55. The van der Waals surface area contributed by atoms with E-state index in [1.54, 1.807) is 0 Å². The highest BCUT2D eigenvalue weighted by Crippen LogP contribution is 2.13. The first-order chi connectivity index (χ1) is 11.7. The number of hydrogen-bond donors (Lipinski definition) is 0. The van der Waals surface area contributed by atoms with Gasteiger partial charge in [-0.1, -0.05) is 84.0 Å². The maximum Gasteiger partial charge on any atom is 0.305 e. The minimum Gasteiger partial charge on any atom is -0.463 e. The highest BCUT2D eigenvalue weighted by Gasteiger charge is 2.03. The lowest BCUT2D eigenvalue weighted by Crippen LogP contribution is -2.13. The molecule has 0 aliphatic carbocycles. The molecule has 0 aromatic rings. The van der Waals surface area contributed by atoms with Gasteiger partial charge < -0.3 is 9.47 Å².